The highest BCUT2D eigenvalue weighted by Gasteiger charge is 2.17. The number of anilines is 1. The highest BCUT2D eigenvalue weighted by atomic mass is 16.1. The van der Waals surface area contributed by atoms with Crippen LogP contribution in [0.1, 0.15) is 35.4 Å². The fraction of sp³-hybridized carbons (Fsp3) is 0.357. The van der Waals surface area contributed by atoms with Crippen molar-refractivity contribution in [3.63, 3.8) is 0 Å². The Morgan fingerprint density at radius 2 is 2.20 bits per heavy atom. The number of hydrogen-bond donors (Lipinski definition) is 2. The third-order valence-corrected chi connectivity index (χ3v) is 3.21. The SMILES string of the molecule is CC[C@H](NC(=O)c1ccnc(NC)c1)c1ccnn1C. The Morgan fingerprint density at radius 3 is 2.80 bits per heavy atom. The molecule has 2 aromatic heterocycles. The van der Waals surface area contributed by atoms with E-state index in [2.05, 4.69) is 20.7 Å². The summed E-state index contributed by atoms with van der Waals surface area (Å²) in [5, 5.41) is 10.1. The van der Waals surface area contributed by atoms with Crippen molar-refractivity contribution < 1.29 is 4.79 Å². The first-order valence-electron chi connectivity index (χ1n) is 6.58. The summed E-state index contributed by atoms with van der Waals surface area (Å²) in [5.41, 5.74) is 1.58. The van der Waals surface area contributed by atoms with Crippen LogP contribution < -0.4 is 10.6 Å². The molecule has 106 valence electrons. The van der Waals surface area contributed by atoms with E-state index in [1.165, 1.54) is 0 Å². The Hall–Kier alpha value is -2.37. The third-order valence-electron chi connectivity index (χ3n) is 3.21. The van der Waals surface area contributed by atoms with Crippen LogP contribution in [0.5, 0.6) is 0 Å². The fourth-order valence-corrected chi connectivity index (χ4v) is 2.06. The second kappa shape index (κ2) is 6.18. The number of amides is 1. The maximum absolute atomic E-state index is 12.3. The normalized spacial score (nSPS) is 11.9. The minimum atomic E-state index is -0.114. The highest BCUT2D eigenvalue weighted by Crippen LogP contribution is 2.16. The topological polar surface area (TPSA) is 71.8 Å². The molecule has 2 rings (SSSR count). The number of aromatic nitrogens is 3. The number of carbonyl (C=O) groups excluding carboxylic acids is 1. The molecule has 0 saturated carbocycles. The Balaban J connectivity index is 2.15. The van der Waals surface area contributed by atoms with Crippen molar-refractivity contribution in [2.24, 2.45) is 7.05 Å². The summed E-state index contributed by atoms with van der Waals surface area (Å²) < 4.78 is 1.78. The van der Waals surface area contributed by atoms with Gasteiger partial charge in [0.15, 0.2) is 0 Å². The van der Waals surface area contributed by atoms with Crippen LogP contribution in [0.4, 0.5) is 5.82 Å². The smallest absolute Gasteiger partial charge is 0.252 e. The van der Waals surface area contributed by atoms with Gasteiger partial charge in [0.2, 0.25) is 0 Å². The third kappa shape index (κ3) is 2.96. The van der Waals surface area contributed by atoms with Crippen LogP contribution in [-0.4, -0.2) is 27.7 Å². The number of nitrogens with one attached hydrogen (secondary N) is 2. The van der Waals surface area contributed by atoms with Gasteiger partial charge >= 0.3 is 0 Å². The van der Waals surface area contributed by atoms with Gasteiger partial charge in [-0.1, -0.05) is 6.92 Å². The van der Waals surface area contributed by atoms with Gasteiger partial charge in [0.25, 0.3) is 5.91 Å². The lowest BCUT2D eigenvalue weighted by atomic mass is 10.1. The van der Waals surface area contributed by atoms with Gasteiger partial charge in [-0.25, -0.2) is 4.98 Å². The van der Waals surface area contributed by atoms with E-state index in [-0.39, 0.29) is 11.9 Å². The summed E-state index contributed by atoms with van der Waals surface area (Å²) in [6, 6.07) is 5.29. The van der Waals surface area contributed by atoms with Crippen molar-refractivity contribution in [3.8, 4) is 0 Å². The number of rotatable bonds is 5. The van der Waals surface area contributed by atoms with Crippen LogP contribution in [0.3, 0.4) is 0 Å². The number of nitrogens with zero attached hydrogens (tertiary/aromatic N) is 3. The molecule has 6 nitrogen and oxygen atoms in total. The molecule has 1 atom stereocenters. The quantitative estimate of drug-likeness (QED) is 0.870. The summed E-state index contributed by atoms with van der Waals surface area (Å²) in [6.07, 6.45) is 4.15. The number of pyridine rings is 1. The molecule has 0 fully saturated rings. The van der Waals surface area contributed by atoms with Gasteiger partial charge < -0.3 is 10.6 Å². The molecule has 20 heavy (non-hydrogen) atoms. The minimum absolute atomic E-state index is 0.0544. The zero-order chi connectivity index (χ0) is 14.5. The lowest BCUT2D eigenvalue weighted by molar-refractivity contribution is 0.0934. The molecule has 0 aliphatic heterocycles. The molecule has 0 aliphatic carbocycles. The van der Waals surface area contributed by atoms with Gasteiger partial charge in [0, 0.05) is 32.1 Å². The lowest BCUT2D eigenvalue weighted by Gasteiger charge is -2.17. The molecular weight excluding hydrogens is 254 g/mol. The van der Waals surface area contributed by atoms with E-state index < -0.39 is 0 Å². The molecule has 0 aromatic carbocycles. The van der Waals surface area contributed by atoms with Crippen LogP contribution >= 0.6 is 0 Å². The minimum Gasteiger partial charge on any atom is -0.373 e. The molecule has 2 N–H and O–H groups in total. The molecule has 0 radical (unpaired) electrons. The lowest BCUT2D eigenvalue weighted by Crippen LogP contribution is -2.29. The van der Waals surface area contributed by atoms with Crippen LogP contribution in [0.2, 0.25) is 0 Å². The predicted octanol–water partition coefficient (Wildman–Crippen LogP) is 1.74. The number of hydrogen-bond acceptors (Lipinski definition) is 4. The van der Waals surface area contributed by atoms with Gasteiger partial charge in [-0.05, 0) is 24.6 Å². The van der Waals surface area contributed by atoms with Gasteiger partial charge in [-0.15, -0.1) is 0 Å². The number of carbonyl (C=O) groups is 1. The summed E-state index contributed by atoms with van der Waals surface area (Å²) >= 11 is 0. The second-order valence-corrected chi connectivity index (χ2v) is 4.49. The summed E-state index contributed by atoms with van der Waals surface area (Å²) in [7, 11) is 3.64. The zero-order valence-electron chi connectivity index (χ0n) is 11.9. The largest absolute Gasteiger partial charge is 0.373 e. The van der Waals surface area contributed by atoms with Crippen LogP contribution in [-0.2, 0) is 7.05 Å². The van der Waals surface area contributed by atoms with E-state index in [4.69, 9.17) is 0 Å². The van der Waals surface area contributed by atoms with E-state index in [1.54, 1.807) is 36.3 Å². The van der Waals surface area contributed by atoms with Crippen molar-refractivity contribution in [1.82, 2.24) is 20.1 Å². The molecule has 0 saturated heterocycles. The van der Waals surface area contributed by atoms with Crippen molar-refractivity contribution in [3.05, 3.63) is 41.9 Å². The average molecular weight is 273 g/mol. The van der Waals surface area contributed by atoms with Crippen molar-refractivity contribution >= 4 is 11.7 Å². The predicted molar refractivity (Wildman–Crippen MR) is 77.5 cm³/mol. The Labute approximate surface area is 118 Å². The summed E-state index contributed by atoms with van der Waals surface area (Å²) in [4.78, 5) is 16.4. The van der Waals surface area contributed by atoms with E-state index in [1.807, 2.05) is 20.0 Å². The standard InChI is InChI=1S/C14H19N5O/c1-4-11(12-6-8-17-19(12)3)18-14(20)10-5-7-16-13(9-10)15-2/h5-9,11H,4H2,1-3H3,(H,15,16)(H,18,20)/t11-/m0/s1. The summed E-state index contributed by atoms with van der Waals surface area (Å²) in [5.74, 6) is 0.559. The van der Waals surface area contributed by atoms with E-state index >= 15 is 0 Å². The molecule has 2 heterocycles. The van der Waals surface area contributed by atoms with Gasteiger partial charge in [-0.3, -0.25) is 9.48 Å². The molecule has 2 aromatic rings. The van der Waals surface area contributed by atoms with Crippen molar-refractivity contribution in [1.29, 1.82) is 0 Å². The Kier molecular flexibility index (Phi) is 4.34. The molecule has 0 bridgehead atoms. The van der Waals surface area contributed by atoms with Gasteiger partial charge in [-0.2, -0.15) is 5.10 Å². The van der Waals surface area contributed by atoms with E-state index in [9.17, 15) is 4.79 Å². The molecular formula is C14H19N5O. The van der Waals surface area contributed by atoms with Gasteiger partial charge in [0.05, 0.1) is 11.7 Å². The zero-order valence-corrected chi connectivity index (χ0v) is 11.9. The van der Waals surface area contributed by atoms with Crippen LogP contribution in [0.25, 0.3) is 0 Å². The summed E-state index contributed by atoms with van der Waals surface area (Å²) in [6.45, 7) is 2.03. The maximum Gasteiger partial charge on any atom is 0.252 e. The highest BCUT2D eigenvalue weighted by molar-refractivity contribution is 5.95. The molecule has 0 unspecified atom stereocenters. The first-order valence-corrected chi connectivity index (χ1v) is 6.58. The van der Waals surface area contributed by atoms with E-state index in [0.717, 1.165) is 12.1 Å². The Bertz CT molecular complexity index is 593. The fourth-order valence-electron chi connectivity index (χ4n) is 2.06. The maximum atomic E-state index is 12.3. The molecule has 6 heteroatoms. The molecule has 0 aliphatic rings. The van der Waals surface area contributed by atoms with Crippen molar-refractivity contribution in [2.75, 3.05) is 12.4 Å². The van der Waals surface area contributed by atoms with Gasteiger partial charge in [0.1, 0.15) is 5.82 Å². The monoisotopic (exact) mass is 273 g/mol. The van der Waals surface area contributed by atoms with E-state index in [0.29, 0.717) is 11.4 Å². The van der Waals surface area contributed by atoms with Crippen molar-refractivity contribution in [2.45, 2.75) is 19.4 Å². The molecule has 0 spiro atoms. The first kappa shape index (κ1) is 14.0. The molecule has 1 amide bonds. The van der Waals surface area contributed by atoms with Crippen LogP contribution in [0, 0.1) is 0 Å². The Morgan fingerprint density at radius 1 is 1.40 bits per heavy atom. The average Bonchev–Trinajstić information content (AvgIpc) is 2.90. The second-order valence-electron chi connectivity index (χ2n) is 4.49. The van der Waals surface area contributed by atoms with Crippen LogP contribution in [0.15, 0.2) is 30.6 Å². The number of aryl methyl sites for hydroxylation is 1. The first-order chi connectivity index (χ1) is 9.65.